The number of benzene rings is 1. The van der Waals surface area contributed by atoms with E-state index in [2.05, 4.69) is 29.4 Å². The van der Waals surface area contributed by atoms with Crippen molar-refractivity contribution in [2.75, 3.05) is 39.8 Å². The molecular weight excluding hydrogens is 278 g/mol. The van der Waals surface area contributed by atoms with Crippen molar-refractivity contribution in [3.8, 4) is 5.75 Å². The second kappa shape index (κ2) is 10.2. The Kier molecular flexibility index (Phi) is 8.55. The smallest absolute Gasteiger partial charge is 0.251 e. The Morgan fingerprint density at radius 2 is 1.86 bits per heavy atom. The first-order valence-corrected chi connectivity index (χ1v) is 8.01. The van der Waals surface area contributed by atoms with Crippen molar-refractivity contribution in [3.05, 3.63) is 29.8 Å². The highest BCUT2D eigenvalue weighted by atomic mass is 16.5. The van der Waals surface area contributed by atoms with Crippen molar-refractivity contribution >= 4 is 5.91 Å². The summed E-state index contributed by atoms with van der Waals surface area (Å²) in [6.07, 6.45) is 0. The molecule has 0 bridgehead atoms. The molecule has 0 saturated heterocycles. The van der Waals surface area contributed by atoms with E-state index in [0.717, 1.165) is 25.4 Å². The number of hydrogen-bond donors (Lipinski definition) is 2. The van der Waals surface area contributed by atoms with Gasteiger partial charge in [0.25, 0.3) is 5.91 Å². The summed E-state index contributed by atoms with van der Waals surface area (Å²) in [5, 5.41) is 5.98. The molecule has 0 radical (unpaired) electrons. The lowest BCUT2D eigenvalue weighted by Gasteiger charge is -2.18. The van der Waals surface area contributed by atoms with Crippen LogP contribution in [0, 0.1) is 0 Å². The largest absolute Gasteiger partial charge is 0.492 e. The Bertz CT molecular complexity index is 430. The Morgan fingerprint density at radius 1 is 1.23 bits per heavy atom. The lowest BCUT2D eigenvalue weighted by molar-refractivity contribution is 0.0950. The number of amides is 1. The SMILES string of the molecule is CCN(CC)CCOc1ccc(C(=O)NCC(C)NC)cc1. The van der Waals surface area contributed by atoms with E-state index in [1.165, 1.54) is 0 Å². The number of rotatable bonds is 10. The van der Waals surface area contributed by atoms with Crippen molar-refractivity contribution in [2.24, 2.45) is 0 Å². The third kappa shape index (κ3) is 6.45. The molecule has 1 aromatic carbocycles. The molecule has 2 N–H and O–H groups in total. The summed E-state index contributed by atoms with van der Waals surface area (Å²) in [5.74, 6) is 0.740. The number of ether oxygens (including phenoxy) is 1. The Balaban J connectivity index is 2.40. The second-order valence-corrected chi connectivity index (χ2v) is 5.30. The van der Waals surface area contributed by atoms with E-state index >= 15 is 0 Å². The van der Waals surface area contributed by atoms with Gasteiger partial charge in [0.1, 0.15) is 12.4 Å². The van der Waals surface area contributed by atoms with Crippen LogP contribution in [-0.2, 0) is 0 Å². The van der Waals surface area contributed by atoms with Crippen molar-refractivity contribution in [3.63, 3.8) is 0 Å². The minimum Gasteiger partial charge on any atom is -0.492 e. The fraction of sp³-hybridized carbons (Fsp3) is 0.588. The van der Waals surface area contributed by atoms with E-state index in [1.807, 2.05) is 26.1 Å². The molecule has 0 heterocycles. The molecule has 0 saturated carbocycles. The highest BCUT2D eigenvalue weighted by molar-refractivity contribution is 5.94. The van der Waals surface area contributed by atoms with Crippen molar-refractivity contribution < 1.29 is 9.53 Å². The first kappa shape index (κ1) is 18.5. The summed E-state index contributed by atoms with van der Waals surface area (Å²) in [6.45, 7) is 10.6. The Hall–Kier alpha value is -1.59. The standard InChI is InChI=1S/C17H29N3O2/c1-5-20(6-2)11-12-22-16-9-7-15(8-10-16)17(21)19-13-14(3)18-4/h7-10,14,18H,5-6,11-13H2,1-4H3,(H,19,21). The van der Waals surface area contributed by atoms with Crippen LogP contribution in [0.1, 0.15) is 31.1 Å². The topological polar surface area (TPSA) is 53.6 Å². The summed E-state index contributed by atoms with van der Waals surface area (Å²) in [4.78, 5) is 14.3. The molecule has 0 aromatic heterocycles. The van der Waals surface area contributed by atoms with Crippen LogP contribution in [0.5, 0.6) is 5.75 Å². The molecule has 0 spiro atoms. The van der Waals surface area contributed by atoms with Gasteiger partial charge >= 0.3 is 0 Å². The van der Waals surface area contributed by atoms with Gasteiger partial charge in [-0.3, -0.25) is 4.79 Å². The average molecular weight is 307 g/mol. The average Bonchev–Trinajstić information content (AvgIpc) is 2.56. The number of likely N-dealkylation sites (N-methyl/N-ethyl adjacent to an activating group) is 2. The molecule has 5 nitrogen and oxygen atoms in total. The van der Waals surface area contributed by atoms with Gasteiger partial charge in [0, 0.05) is 24.7 Å². The fourth-order valence-electron chi connectivity index (χ4n) is 1.98. The Labute approximate surface area is 134 Å². The lowest BCUT2D eigenvalue weighted by Crippen LogP contribution is -2.37. The molecule has 0 aliphatic heterocycles. The molecule has 0 aliphatic rings. The van der Waals surface area contributed by atoms with Crippen LogP contribution in [-0.4, -0.2) is 56.7 Å². The molecule has 1 unspecified atom stereocenters. The second-order valence-electron chi connectivity index (χ2n) is 5.30. The molecular formula is C17H29N3O2. The molecule has 0 aliphatic carbocycles. The zero-order valence-electron chi connectivity index (χ0n) is 14.2. The number of nitrogens with one attached hydrogen (secondary N) is 2. The third-order valence-electron chi connectivity index (χ3n) is 3.75. The minimum atomic E-state index is -0.0585. The number of hydrogen-bond acceptors (Lipinski definition) is 4. The molecule has 1 rings (SSSR count). The molecule has 1 amide bonds. The van der Waals surface area contributed by atoms with Crippen LogP contribution in [0.3, 0.4) is 0 Å². The van der Waals surface area contributed by atoms with E-state index in [9.17, 15) is 4.79 Å². The van der Waals surface area contributed by atoms with E-state index in [-0.39, 0.29) is 11.9 Å². The van der Waals surface area contributed by atoms with Crippen LogP contribution in [0.25, 0.3) is 0 Å². The van der Waals surface area contributed by atoms with Gasteiger partial charge in [-0.05, 0) is 51.3 Å². The summed E-state index contributed by atoms with van der Waals surface area (Å²) in [6, 6.07) is 7.54. The van der Waals surface area contributed by atoms with Crippen LogP contribution < -0.4 is 15.4 Å². The van der Waals surface area contributed by atoms with Crippen LogP contribution >= 0.6 is 0 Å². The van der Waals surface area contributed by atoms with Gasteiger partial charge < -0.3 is 20.3 Å². The highest BCUT2D eigenvalue weighted by Crippen LogP contribution is 2.12. The van der Waals surface area contributed by atoms with E-state index in [1.54, 1.807) is 12.1 Å². The monoisotopic (exact) mass is 307 g/mol. The van der Waals surface area contributed by atoms with Gasteiger partial charge in [-0.25, -0.2) is 0 Å². The summed E-state index contributed by atoms with van der Waals surface area (Å²) >= 11 is 0. The summed E-state index contributed by atoms with van der Waals surface area (Å²) in [5.41, 5.74) is 0.652. The maximum atomic E-state index is 12.0. The van der Waals surface area contributed by atoms with Gasteiger partial charge in [-0.2, -0.15) is 0 Å². The Morgan fingerprint density at radius 3 is 2.41 bits per heavy atom. The van der Waals surface area contributed by atoms with E-state index in [4.69, 9.17) is 4.74 Å². The maximum Gasteiger partial charge on any atom is 0.251 e. The van der Waals surface area contributed by atoms with E-state index in [0.29, 0.717) is 18.7 Å². The summed E-state index contributed by atoms with van der Waals surface area (Å²) < 4.78 is 5.71. The molecule has 1 atom stereocenters. The first-order valence-electron chi connectivity index (χ1n) is 8.01. The van der Waals surface area contributed by atoms with Crippen LogP contribution in [0.4, 0.5) is 0 Å². The predicted molar refractivity (Wildman–Crippen MR) is 90.6 cm³/mol. The maximum absolute atomic E-state index is 12.0. The number of carbonyl (C=O) groups excluding carboxylic acids is 1. The van der Waals surface area contributed by atoms with Crippen molar-refractivity contribution in [2.45, 2.75) is 26.8 Å². The number of nitrogens with zero attached hydrogens (tertiary/aromatic N) is 1. The van der Waals surface area contributed by atoms with Crippen molar-refractivity contribution in [1.29, 1.82) is 0 Å². The highest BCUT2D eigenvalue weighted by Gasteiger charge is 2.07. The molecule has 0 fully saturated rings. The van der Waals surface area contributed by atoms with Gasteiger partial charge in [0.15, 0.2) is 0 Å². The zero-order chi connectivity index (χ0) is 16.4. The summed E-state index contributed by atoms with van der Waals surface area (Å²) in [7, 11) is 1.88. The number of carbonyl (C=O) groups is 1. The fourth-order valence-corrected chi connectivity index (χ4v) is 1.98. The predicted octanol–water partition coefficient (Wildman–Crippen LogP) is 1.74. The van der Waals surface area contributed by atoms with Gasteiger partial charge in [-0.1, -0.05) is 13.8 Å². The van der Waals surface area contributed by atoms with Gasteiger partial charge in [-0.15, -0.1) is 0 Å². The lowest BCUT2D eigenvalue weighted by atomic mass is 10.2. The molecule has 1 aromatic rings. The van der Waals surface area contributed by atoms with Crippen LogP contribution in [0.15, 0.2) is 24.3 Å². The molecule has 22 heavy (non-hydrogen) atoms. The molecule has 5 heteroatoms. The molecule has 124 valence electrons. The van der Waals surface area contributed by atoms with Gasteiger partial charge in [0.05, 0.1) is 0 Å². The van der Waals surface area contributed by atoms with Crippen molar-refractivity contribution in [1.82, 2.24) is 15.5 Å². The minimum absolute atomic E-state index is 0.0585. The first-order chi connectivity index (χ1) is 10.6. The zero-order valence-corrected chi connectivity index (χ0v) is 14.2. The third-order valence-corrected chi connectivity index (χ3v) is 3.75. The van der Waals surface area contributed by atoms with Crippen LogP contribution in [0.2, 0.25) is 0 Å². The van der Waals surface area contributed by atoms with Gasteiger partial charge in [0.2, 0.25) is 0 Å². The van der Waals surface area contributed by atoms with E-state index < -0.39 is 0 Å². The normalized spacial score (nSPS) is 12.2. The quantitative estimate of drug-likeness (QED) is 0.691.